The maximum Gasteiger partial charge on any atom is 0.320 e. The number of methoxy groups -OCH3 is 1. The van der Waals surface area contributed by atoms with Crippen LogP contribution in [0.3, 0.4) is 0 Å². The van der Waals surface area contributed by atoms with E-state index in [9.17, 15) is 9.59 Å². The molecule has 0 aliphatic carbocycles. The van der Waals surface area contributed by atoms with Gasteiger partial charge in [0.15, 0.2) is 0 Å². The predicted octanol–water partition coefficient (Wildman–Crippen LogP) is 1.89. The Hall–Kier alpha value is -1.84. The molecule has 0 aliphatic heterocycles. The third kappa shape index (κ3) is 3.08. The van der Waals surface area contributed by atoms with Crippen LogP contribution < -0.4 is 4.74 Å². The molecular weight excluding hydrogens is 208 g/mol. The summed E-state index contributed by atoms with van der Waals surface area (Å²) in [5.41, 5.74) is 0.755. The molecular formula is C12H14O4. The Morgan fingerprint density at radius 2 is 2.00 bits per heavy atom. The van der Waals surface area contributed by atoms with Gasteiger partial charge in [-0.3, -0.25) is 9.59 Å². The van der Waals surface area contributed by atoms with Crippen LogP contribution in [-0.4, -0.2) is 19.0 Å². The van der Waals surface area contributed by atoms with Crippen molar-refractivity contribution in [2.45, 2.75) is 19.8 Å². The standard InChI is InChI=1S/C12H14O4/c1-8(12(14)16-9(2)13)10-5-4-6-11(7-10)15-3/h4-8H,1-3H3. The van der Waals surface area contributed by atoms with Crippen LogP contribution in [-0.2, 0) is 14.3 Å². The zero-order valence-electron chi connectivity index (χ0n) is 9.52. The van der Waals surface area contributed by atoms with Gasteiger partial charge in [-0.2, -0.15) is 0 Å². The fourth-order valence-corrected chi connectivity index (χ4v) is 1.28. The van der Waals surface area contributed by atoms with E-state index in [2.05, 4.69) is 4.74 Å². The Bertz CT molecular complexity index is 398. The van der Waals surface area contributed by atoms with E-state index in [0.717, 1.165) is 5.56 Å². The first-order valence-corrected chi connectivity index (χ1v) is 4.90. The van der Waals surface area contributed by atoms with Crippen molar-refractivity contribution >= 4 is 11.9 Å². The van der Waals surface area contributed by atoms with E-state index in [1.807, 2.05) is 0 Å². The molecule has 1 unspecified atom stereocenters. The number of ether oxygens (including phenoxy) is 2. The van der Waals surface area contributed by atoms with Crippen molar-refractivity contribution in [2.24, 2.45) is 0 Å². The lowest BCUT2D eigenvalue weighted by molar-refractivity contribution is -0.158. The van der Waals surface area contributed by atoms with Gasteiger partial charge < -0.3 is 9.47 Å². The molecule has 0 aliphatic rings. The summed E-state index contributed by atoms with van der Waals surface area (Å²) in [4.78, 5) is 22.1. The van der Waals surface area contributed by atoms with Crippen LogP contribution in [0.25, 0.3) is 0 Å². The number of esters is 2. The Kier molecular flexibility index (Phi) is 4.05. The van der Waals surface area contributed by atoms with Crippen molar-refractivity contribution in [3.8, 4) is 5.75 Å². The van der Waals surface area contributed by atoms with Gasteiger partial charge >= 0.3 is 11.9 Å². The highest BCUT2D eigenvalue weighted by atomic mass is 16.6. The average Bonchev–Trinajstić information content (AvgIpc) is 2.27. The molecule has 0 N–H and O–H groups in total. The zero-order chi connectivity index (χ0) is 12.1. The van der Waals surface area contributed by atoms with E-state index < -0.39 is 17.9 Å². The van der Waals surface area contributed by atoms with Gasteiger partial charge in [0.1, 0.15) is 5.75 Å². The molecule has 4 heteroatoms. The third-order valence-electron chi connectivity index (χ3n) is 2.19. The first-order valence-electron chi connectivity index (χ1n) is 4.90. The monoisotopic (exact) mass is 222 g/mol. The first kappa shape index (κ1) is 12.2. The molecule has 0 saturated heterocycles. The van der Waals surface area contributed by atoms with Crippen molar-refractivity contribution in [3.05, 3.63) is 29.8 Å². The van der Waals surface area contributed by atoms with Gasteiger partial charge in [-0.25, -0.2) is 0 Å². The summed E-state index contributed by atoms with van der Waals surface area (Å²) < 4.78 is 9.57. The highest BCUT2D eigenvalue weighted by Crippen LogP contribution is 2.21. The van der Waals surface area contributed by atoms with Gasteiger partial charge in [-0.15, -0.1) is 0 Å². The van der Waals surface area contributed by atoms with Crippen LogP contribution in [0.1, 0.15) is 25.3 Å². The minimum Gasteiger partial charge on any atom is -0.497 e. The van der Waals surface area contributed by atoms with E-state index in [4.69, 9.17) is 4.74 Å². The third-order valence-corrected chi connectivity index (χ3v) is 2.19. The lowest BCUT2D eigenvalue weighted by Crippen LogP contribution is -2.15. The quantitative estimate of drug-likeness (QED) is 0.579. The number of rotatable bonds is 3. The lowest BCUT2D eigenvalue weighted by atomic mass is 10.0. The predicted molar refractivity (Wildman–Crippen MR) is 58.2 cm³/mol. The molecule has 16 heavy (non-hydrogen) atoms. The van der Waals surface area contributed by atoms with Gasteiger partial charge in [0.05, 0.1) is 13.0 Å². The minimum atomic E-state index is -0.597. The first-order chi connectivity index (χ1) is 7.54. The van der Waals surface area contributed by atoms with Gasteiger partial charge in [-0.05, 0) is 24.6 Å². The molecule has 1 atom stereocenters. The SMILES string of the molecule is COc1cccc(C(C)C(=O)OC(C)=O)c1. The summed E-state index contributed by atoms with van der Waals surface area (Å²) in [5, 5.41) is 0. The molecule has 1 aromatic rings. The van der Waals surface area contributed by atoms with Crippen molar-refractivity contribution < 1.29 is 19.1 Å². The van der Waals surface area contributed by atoms with Gasteiger partial charge in [-0.1, -0.05) is 12.1 Å². The second kappa shape index (κ2) is 5.30. The number of benzene rings is 1. The van der Waals surface area contributed by atoms with Crippen molar-refractivity contribution in [2.75, 3.05) is 7.11 Å². The summed E-state index contributed by atoms with van der Waals surface area (Å²) >= 11 is 0. The largest absolute Gasteiger partial charge is 0.497 e. The maximum absolute atomic E-state index is 11.5. The molecule has 4 nitrogen and oxygen atoms in total. The van der Waals surface area contributed by atoms with Crippen molar-refractivity contribution in [1.29, 1.82) is 0 Å². The van der Waals surface area contributed by atoms with Crippen LogP contribution in [0.5, 0.6) is 5.75 Å². The molecule has 0 spiro atoms. The second-order valence-electron chi connectivity index (χ2n) is 3.41. The van der Waals surface area contributed by atoms with Crippen LogP contribution in [0, 0.1) is 0 Å². The molecule has 0 radical (unpaired) electrons. The Morgan fingerprint density at radius 1 is 1.31 bits per heavy atom. The van der Waals surface area contributed by atoms with Crippen LogP contribution in [0.2, 0.25) is 0 Å². The highest BCUT2D eigenvalue weighted by Gasteiger charge is 2.18. The lowest BCUT2D eigenvalue weighted by Gasteiger charge is -2.10. The number of carbonyl (C=O) groups excluding carboxylic acids is 2. The summed E-state index contributed by atoms with van der Waals surface area (Å²) in [7, 11) is 1.55. The van der Waals surface area contributed by atoms with Crippen molar-refractivity contribution in [1.82, 2.24) is 0 Å². The molecule has 0 saturated carbocycles. The minimum absolute atomic E-state index is 0.487. The number of carbonyl (C=O) groups is 2. The summed E-state index contributed by atoms with van der Waals surface area (Å²) in [6.45, 7) is 2.89. The molecule has 86 valence electrons. The second-order valence-corrected chi connectivity index (χ2v) is 3.41. The Balaban J connectivity index is 2.82. The maximum atomic E-state index is 11.5. The van der Waals surface area contributed by atoms with E-state index >= 15 is 0 Å². The molecule has 0 heterocycles. The molecule has 0 bridgehead atoms. The van der Waals surface area contributed by atoms with Crippen molar-refractivity contribution in [3.63, 3.8) is 0 Å². The van der Waals surface area contributed by atoms with Crippen LogP contribution in [0.15, 0.2) is 24.3 Å². The molecule has 0 aromatic heterocycles. The Morgan fingerprint density at radius 3 is 2.56 bits per heavy atom. The molecule has 0 amide bonds. The number of hydrogen-bond acceptors (Lipinski definition) is 4. The Labute approximate surface area is 94.2 Å². The fraction of sp³-hybridized carbons (Fsp3) is 0.333. The van der Waals surface area contributed by atoms with Gasteiger partial charge in [0.25, 0.3) is 0 Å². The molecule has 1 rings (SSSR count). The average molecular weight is 222 g/mol. The van der Waals surface area contributed by atoms with E-state index in [1.54, 1.807) is 38.3 Å². The fourth-order valence-electron chi connectivity index (χ4n) is 1.28. The topological polar surface area (TPSA) is 52.6 Å². The summed E-state index contributed by atoms with van der Waals surface area (Å²) in [5.74, 6) is -0.973. The summed E-state index contributed by atoms with van der Waals surface area (Å²) in [6, 6.07) is 7.10. The normalized spacial score (nSPS) is 11.7. The van der Waals surface area contributed by atoms with E-state index in [0.29, 0.717) is 5.75 Å². The molecule has 1 aromatic carbocycles. The van der Waals surface area contributed by atoms with Gasteiger partial charge in [0.2, 0.25) is 0 Å². The summed E-state index contributed by atoms with van der Waals surface area (Å²) in [6.07, 6.45) is 0. The van der Waals surface area contributed by atoms with Crippen LogP contribution >= 0.6 is 0 Å². The van der Waals surface area contributed by atoms with Crippen LogP contribution in [0.4, 0.5) is 0 Å². The van der Waals surface area contributed by atoms with Gasteiger partial charge in [0, 0.05) is 6.92 Å². The van der Waals surface area contributed by atoms with E-state index in [1.165, 1.54) is 6.92 Å². The molecule has 0 fully saturated rings. The smallest absolute Gasteiger partial charge is 0.320 e. The highest BCUT2D eigenvalue weighted by molar-refractivity contribution is 5.88. The zero-order valence-corrected chi connectivity index (χ0v) is 9.52. The number of hydrogen-bond donors (Lipinski definition) is 0. The van der Waals surface area contributed by atoms with E-state index in [-0.39, 0.29) is 0 Å².